The zero-order valence-electron chi connectivity index (χ0n) is 11.9. The summed E-state index contributed by atoms with van der Waals surface area (Å²) in [7, 11) is 1.86. The van der Waals surface area contributed by atoms with Crippen LogP contribution in [0, 0.1) is 20.8 Å². The first-order valence-corrected chi connectivity index (χ1v) is 6.84. The van der Waals surface area contributed by atoms with Crippen molar-refractivity contribution >= 4 is 17.2 Å². The minimum atomic E-state index is 0.782. The molecule has 2 aromatic carbocycles. The van der Waals surface area contributed by atoms with Crippen LogP contribution < -0.4 is 5.32 Å². The predicted octanol–water partition coefficient (Wildman–Crippen LogP) is 4.17. The molecule has 2 rings (SSSR count). The Balaban J connectivity index is 2.57. The first-order valence-electron chi connectivity index (χ1n) is 6.43. The second-order valence-corrected chi connectivity index (χ2v) is 5.34. The third-order valence-corrected chi connectivity index (χ3v) is 3.76. The maximum Gasteiger partial charge on any atom is 0.106 e. The van der Waals surface area contributed by atoms with Crippen molar-refractivity contribution in [2.24, 2.45) is 0 Å². The molecule has 0 unspecified atom stereocenters. The zero-order valence-corrected chi connectivity index (χ0v) is 12.7. The van der Waals surface area contributed by atoms with Gasteiger partial charge in [0.2, 0.25) is 0 Å². The average Bonchev–Trinajstić information content (AvgIpc) is 2.37. The Kier molecular flexibility index (Phi) is 4.01. The molecule has 0 aliphatic heterocycles. The summed E-state index contributed by atoms with van der Waals surface area (Å²) in [6.45, 7) is 6.47. The number of hydrogen-bond donors (Lipinski definition) is 1. The van der Waals surface area contributed by atoms with Gasteiger partial charge in [-0.05, 0) is 49.1 Å². The number of benzene rings is 2. The van der Waals surface area contributed by atoms with Gasteiger partial charge in [0, 0.05) is 12.6 Å². The van der Waals surface area contributed by atoms with Crippen LogP contribution in [0.4, 0.5) is 0 Å². The summed E-state index contributed by atoms with van der Waals surface area (Å²) in [4.78, 5) is 0.782. The highest BCUT2D eigenvalue weighted by atomic mass is 32.1. The standard InChI is InChI=1S/C17H19NS/c1-11-8-12(2)16(13(3)9-11)14-6-5-7-15(10-14)17(19)18-4/h5-10H,1-4H3,(H,18,19). The molecule has 0 amide bonds. The lowest BCUT2D eigenvalue weighted by Crippen LogP contribution is -2.16. The smallest absolute Gasteiger partial charge is 0.106 e. The molecule has 2 heteroatoms. The molecule has 0 spiro atoms. The van der Waals surface area contributed by atoms with Crippen LogP contribution in [0.15, 0.2) is 36.4 Å². The van der Waals surface area contributed by atoms with Crippen molar-refractivity contribution in [3.8, 4) is 11.1 Å². The largest absolute Gasteiger partial charge is 0.379 e. The van der Waals surface area contributed by atoms with Crippen LogP contribution in [0.1, 0.15) is 22.3 Å². The summed E-state index contributed by atoms with van der Waals surface area (Å²) in [5.41, 5.74) is 7.53. The summed E-state index contributed by atoms with van der Waals surface area (Å²) in [6.07, 6.45) is 0. The van der Waals surface area contributed by atoms with E-state index in [0.29, 0.717) is 0 Å². The Morgan fingerprint density at radius 2 is 1.63 bits per heavy atom. The van der Waals surface area contributed by atoms with Gasteiger partial charge in [0.15, 0.2) is 0 Å². The molecule has 0 aromatic heterocycles. The molecule has 0 atom stereocenters. The molecule has 1 N–H and O–H groups in total. The van der Waals surface area contributed by atoms with Gasteiger partial charge in [0.1, 0.15) is 4.99 Å². The monoisotopic (exact) mass is 269 g/mol. The number of hydrogen-bond acceptors (Lipinski definition) is 1. The van der Waals surface area contributed by atoms with E-state index in [1.807, 2.05) is 13.1 Å². The Labute approximate surface area is 120 Å². The second kappa shape index (κ2) is 5.54. The fourth-order valence-electron chi connectivity index (χ4n) is 2.60. The third-order valence-electron chi connectivity index (χ3n) is 3.32. The van der Waals surface area contributed by atoms with E-state index in [1.165, 1.54) is 27.8 Å². The maximum absolute atomic E-state index is 5.31. The van der Waals surface area contributed by atoms with E-state index in [-0.39, 0.29) is 0 Å². The van der Waals surface area contributed by atoms with Crippen molar-refractivity contribution in [1.82, 2.24) is 5.32 Å². The molecule has 0 heterocycles. The van der Waals surface area contributed by atoms with E-state index >= 15 is 0 Å². The van der Waals surface area contributed by atoms with Gasteiger partial charge in [0.25, 0.3) is 0 Å². The van der Waals surface area contributed by atoms with Crippen molar-refractivity contribution in [3.63, 3.8) is 0 Å². The summed E-state index contributed by atoms with van der Waals surface area (Å²) >= 11 is 5.31. The molecule has 0 saturated heterocycles. The Hall–Kier alpha value is -1.67. The van der Waals surface area contributed by atoms with Crippen molar-refractivity contribution in [2.75, 3.05) is 7.05 Å². The Morgan fingerprint density at radius 3 is 2.21 bits per heavy atom. The van der Waals surface area contributed by atoms with Crippen LogP contribution in [-0.2, 0) is 0 Å². The topological polar surface area (TPSA) is 12.0 Å². The van der Waals surface area contributed by atoms with Gasteiger partial charge in [-0.3, -0.25) is 0 Å². The summed E-state index contributed by atoms with van der Waals surface area (Å²) in [5, 5.41) is 3.03. The SMILES string of the molecule is CNC(=S)c1cccc(-c2c(C)cc(C)cc2C)c1. The highest BCUT2D eigenvalue weighted by Gasteiger charge is 2.08. The van der Waals surface area contributed by atoms with Crippen molar-refractivity contribution in [2.45, 2.75) is 20.8 Å². The molecule has 0 aliphatic carbocycles. The van der Waals surface area contributed by atoms with Gasteiger partial charge in [-0.1, -0.05) is 48.1 Å². The molecule has 0 aliphatic rings. The van der Waals surface area contributed by atoms with Crippen LogP contribution in [0.5, 0.6) is 0 Å². The highest BCUT2D eigenvalue weighted by molar-refractivity contribution is 7.80. The van der Waals surface area contributed by atoms with E-state index in [2.05, 4.69) is 56.4 Å². The fraction of sp³-hybridized carbons (Fsp3) is 0.235. The van der Waals surface area contributed by atoms with E-state index in [4.69, 9.17) is 12.2 Å². The number of nitrogens with one attached hydrogen (secondary N) is 1. The Bertz CT molecular complexity index is 606. The number of thiocarbonyl (C=S) groups is 1. The molecular formula is C17H19NS. The first-order chi connectivity index (χ1) is 9.02. The van der Waals surface area contributed by atoms with Gasteiger partial charge < -0.3 is 5.32 Å². The van der Waals surface area contributed by atoms with Gasteiger partial charge in [0.05, 0.1) is 0 Å². The van der Waals surface area contributed by atoms with Gasteiger partial charge in [-0.2, -0.15) is 0 Å². The van der Waals surface area contributed by atoms with E-state index in [9.17, 15) is 0 Å². The average molecular weight is 269 g/mol. The maximum atomic E-state index is 5.31. The van der Waals surface area contributed by atoms with Gasteiger partial charge >= 0.3 is 0 Å². The number of rotatable bonds is 2. The molecule has 0 bridgehead atoms. The van der Waals surface area contributed by atoms with Gasteiger partial charge in [-0.25, -0.2) is 0 Å². The second-order valence-electron chi connectivity index (χ2n) is 4.93. The van der Waals surface area contributed by atoms with E-state index in [0.717, 1.165) is 10.6 Å². The molecular weight excluding hydrogens is 250 g/mol. The molecule has 2 aromatic rings. The lowest BCUT2D eigenvalue weighted by atomic mass is 9.93. The van der Waals surface area contributed by atoms with Crippen molar-refractivity contribution < 1.29 is 0 Å². The highest BCUT2D eigenvalue weighted by Crippen LogP contribution is 2.29. The van der Waals surface area contributed by atoms with Crippen LogP contribution in [0.25, 0.3) is 11.1 Å². The van der Waals surface area contributed by atoms with Crippen LogP contribution in [-0.4, -0.2) is 12.0 Å². The molecule has 0 radical (unpaired) electrons. The van der Waals surface area contributed by atoms with Crippen LogP contribution in [0.3, 0.4) is 0 Å². The fourth-order valence-corrected chi connectivity index (χ4v) is 2.72. The molecule has 19 heavy (non-hydrogen) atoms. The third kappa shape index (κ3) is 2.85. The van der Waals surface area contributed by atoms with Gasteiger partial charge in [-0.15, -0.1) is 0 Å². The predicted molar refractivity (Wildman–Crippen MR) is 86.8 cm³/mol. The van der Waals surface area contributed by atoms with Crippen molar-refractivity contribution in [1.29, 1.82) is 0 Å². The Morgan fingerprint density at radius 1 is 1.00 bits per heavy atom. The minimum absolute atomic E-state index is 0.782. The lowest BCUT2D eigenvalue weighted by Gasteiger charge is -2.13. The van der Waals surface area contributed by atoms with E-state index in [1.54, 1.807) is 0 Å². The van der Waals surface area contributed by atoms with Crippen LogP contribution in [0.2, 0.25) is 0 Å². The molecule has 98 valence electrons. The minimum Gasteiger partial charge on any atom is -0.379 e. The lowest BCUT2D eigenvalue weighted by molar-refractivity contribution is 1.20. The number of aryl methyl sites for hydroxylation is 3. The van der Waals surface area contributed by atoms with Crippen molar-refractivity contribution in [3.05, 3.63) is 58.7 Å². The zero-order chi connectivity index (χ0) is 14.0. The first kappa shape index (κ1) is 13.8. The van der Waals surface area contributed by atoms with Crippen LogP contribution >= 0.6 is 12.2 Å². The van der Waals surface area contributed by atoms with E-state index < -0.39 is 0 Å². The molecule has 0 saturated carbocycles. The summed E-state index contributed by atoms with van der Waals surface area (Å²) in [6, 6.07) is 12.9. The quantitative estimate of drug-likeness (QED) is 0.821. The molecule has 0 fully saturated rings. The normalized spacial score (nSPS) is 10.3. The summed E-state index contributed by atoms with van der Waals surface area (Å²) < 4.78 is 0. The summed E-state index contributed by atoms with van der Waals surface area (Å²) in [5.74, 6) is 0. The molecule has 1 nitrogen and oxygen atoms in total.